The highest BCUT2D eigenvalue weighted by Crippen LogP contribution is 2.54. The predicted octanol–water partition coefficient (Wildman–Crippen LogP) is 9.93. The van der Waals surface area contributed by atoms with Gasteiger partial charge in [0.05, 0.1) is 0 Å². The Labute approximate surface area is 308 Å². The summed E-state index contributed by atoms with van der Waals surface area (Å²) in [5.41, 5.74) is -8.95. The molecule has 0 fully saturated rings. The zero-order valence-corrected chi connectivity index (χ0v) is 28.7. The maximum absolute atomic E-state index is 16.4. The van der Waals surface area contributed by atoms with Crippen LogP contribution in [0.15, 0.2) is 84.9 Å². The molecule has 0 amide bonds. The van der Waals surface area contributed by atoms with Crippen LogP contribution >= 0.6 is 7.92 Å². The summed E-state index contributed by atoms with van der Waals surface area (Å²) in [6, 6.07) is 18.7. The molecule has 0 N–H and O–H groups in total. The van der Waals surface area contributed by atoms with Crippen LogP contribution in [-0.2, 0) is 0 Å². The van der Waals surface area contributed by atoms with Gasteiger partial charge in [-0.25, -0.2) is 65.9 Å². The van der Waals surface area contributed by atoms with Gasteiger partial charge in [-0.05, 0) is 41.8 Å². The van der Waals surface area contributed by atoms with E-state index in [9.17, 15) is 13.2 Å². The van der Waals surface area contributed by atoms with Gasteiger partial charge in [0.25, 0.3) is 6.71 Å². The molecule has 0 atom stereocenters. The Bertz CT molecular complexity index is 2350. The van der Waals surface area contributed by atoms with Crippen LogP contribution in [0.2, 0.25) is 0 Å². The molecule has 0 radical (unpaired) electrons. The van der Waals surface area contributed by atoms with Crippen molar-refractivity contribution in [2.75, 3.05) is 0 Å². The van der Waals surface area contributed by atoms with Gasteiger partial charge in [-0.1, -0.05) is 90.5 Å². The van der Waals surface area contributed by atoms with Crippen molar-refractivity contribution < 1.29 is 65.9 Å². The van der Waals surface area contributed by atoms with Crippen molar-refractivity contribution in [3.05, 3.63) is 189 Å². The minimum Gasteiger partial charge on any atom is -0.204 e. The van der Waals surface area contributed by atoms with Crippen molar-refractivity contribution in [2.45, 2.75) is 6.92 Å². The average Bonchev–Trinajstić information content (AvgIpc) is 3.20. The molecule has 0 unspecified atom stereocenters. The molecule has 0 aliphatic heterocycles. The van der Waals surface area contributed by atoms with E-state index in [1.165, 1.54) is 79.7 Å². The van der Waals surface area contributed by atoms with Crippen molar-refractivity contribution >= 4 is 47.0 Å². The SMILES string of the molecule is Cc1ccc(/C(=C(/B(c2c(F)c(F)c(F)c(F)c2F)c2c(F)c(F)c(F)c(F)c2F)c2c(F)c(F)c(F)c(F)c2F)P(c2ccccc2)c2ccccc2)cc1. The fraction of sp³-hybridized carbons (Fsp3) is 0.0256. The fourth-order valence-corrected chi connectivity index (χ4v) is 8.75. The van der Waals surface area contributed by atoms with Gasteiger partial charge in [0.2, 0.25) is 5.82 Å². The van der Waals surface area contributed by atoms with Crippen LogP contribution in [0.4, 0.5) is 65.9 Å². The first-order chi connectivity index (χ1) is 26.5. The summed E-state index contributed by atoms with van der Waals surface area (Å²) >= 11 is 0. The molecule has 6 rings (SSSR count). The second kappa shape index (κ2) is 15.6. The maximum Gasteiger partial charge on any atom is 0.259 e. The lowest BCUT2D eigenvalue weighted by molar-refractivity contribution is 0.376. The fourth-order valence-electron chi connectivity index (χ4n) is 6.10. The van der Waals surface area contributed by atoms with E-state index < -0.39 is 129 Å². The summed E-state index contributed by atoms with van der Waals surface area (Å²) in [4.78, 5) is 0. The van der Waals surface area contributed by atoms with Crippen LogP contribution in [0.25, 0.3) is 10.8 Å². The molecule has 0 aromatic heterocycles. The van der Waals surface area contributed by atoms with Gasteiger partial charge in [0, 0.05) is 16.5 Å². The van der Waals surface area contributed by atoms with Gasteiger partial charge in [-0.15, -0.1) is 0 Å². The third kappa shape index (κ3) is 6.63. The minimum atomic E-state index is -3.76. The first-order valence-electron chi connectivity index (χ1n) is 15.8. The van der Waals surface area contributed by atoms with Gasteiger partial charge in [-0.2, -0.15) is 0 Å². The standard InChI is InChI=1S/C39H17BF15P/c1-16-12-14-17(15-13-16)39(56(18-8-4-2-5-9-18)19-10-6-3-7-11-19)21(20-24(41)30(47)36(53)31(48)25(20)42)40(22-26(43)32(49)37(54)33(50)27(22)44)23-28(45)34(51)38(55)35(52)29(23)46/h2-15H,1H3/b39-21-. The van der Waals surface area contributed by atoms with E-state index in [4.69, 9.17) is 0 Å². The molecule has 0 nitrogen and oxygen atoms in total. The molecule has 56 heavy (non-hydrogen) atoms. The van der Waals surface area contributed by atoms with Crippen molar-refractivity contribution in [1.29, 1.82) is 0 Å². The van der Waals surface area contributed by atoms with Gasteiger partial charge in [-0.3, -0.25) is 0 Å². The van der Waals surface area contributed by atoms with Crippen LogP contribution < -0.4 is 21.5 Å². The smallest absolute Gasteiger partial charge is 0.204 e. The van der Waals surface area contributed by atoms with E-state index in [2.05, 4.69) is 0 Å². The molecule has 6 aromatic rings. The number of hydrogen-bond acceptors (Lipinski definition) is 0. The van der Waals surface area contributed by atoms with Crippen LogP contribution in [-0.4, -0.2) is 6.71 Å². The molecule has 0 saturated heterocycles. The van der Waals surface area contributed by atoms with Gasteiger partial charge >= 0.3 is 0 Å². The molecule has 0 spiro atoms. The molecule has 0 heterocycles. The van der Waals surface area contributed by atoms with Crippen LogP contribution in [0.1, 0.15) is 16.7 Å². The predicted molar refractivity (Wildman–Crippen MR) is 181 cm³/mol. The Morgan fingerprint density at radius 2 is 0.679 bits per heavy atom. The number of aryl methyl sites for hydroxylation is 1. The summed E-state index contributed by atoms with van der Waals surface area (Å²) in [7, 11) is -2.72. The topological polar surface area (TPSA) is 0 Å². The Balaban J connectivity index is 2.05. The van der Waals surface area contributed by atoms with E-state index in [0.29, 0.717) is 5.56 Å². The summed E-state index contributed by atoms with van der Waals surface area (Å²) in [5.74, 6) is -43.4. The number of hydrogen-bond donors (Lipinski definition) is 0. The normalized spacial score (nSPS) is 12.0. The molecule has 6 aromatic carbocycles. The van der Waals surface area contributed by atoms with Crippen LogP contribution in [0, 0.1) is 94.2 Å². The highest BCUT2D eigenvalue weighted by molar-refractivity contribution is 7.82. The Morgan fingerprint density at radius 3 is 1.02 bits per heavy atom. The van der Waals surface area contributed by atoms with Crippen LogP contribution in [0.5, 0.6) is 0 Å². The Kier molecular flexibility index (Phi) is 11.2. The lowest BCUT2D eigenvalue weighted by Gasteiger charge is -2.31. The molecule has 17 heteroatoms. The molecule has 286 valence electrons. The van der Waals surface area contributed by atoms with E-state index in [1.807, 2.05) is 0 Å². The van der Waals surface area contributed by atoms with Gasteiger partial charge in [0.1, 0.15) is 0 Å². The van der Waals surface area contributed by atoms with E-state index in [-0.39, 0.29) is 16.2 Å². The highest BCUT2D eigenvalue weighted by Gasteiger charge is 2.46. The second-order valence-electron chi connectivity index (χ2n) is 12.0. The van der Waals surface area contributed by atoms with Crippen molar-refractivity contribution in [1.82, 2.24) is 0 Å². The molecular formula is C39H17BF15P. The number of rotatable bonds is 8. The Hall–Kier alpha value is -5.50. The summed E-state index contributed by atoms with van der Waals surface area (Å²) in [6.45, 7) is -2.24. The van der Waals surface area contributed by atoms with E-state index >= 15 is 52.7 Å². The third-order valence-electron chi connectivity index (χ3n) is 8.67. The maximum atomic E-state index is 16.4. The lowest BCUT2D eigenvalue weighted by Crippen LogP contribution is -2.52. The largest absolute Gasteiger partial charge is 0.259 e. The zero-order chi connectivity index (χ0) is 40.9. The number of halogens is 15. The summed E-state index contributed by atoms with van der Waals surface area (Å²) in [6.07, 6.45) is 0. The van der Waals surface area contributed by atoms with Gasteiger partial charge in [0.15, 0.2) is 81.4 Å². The first kappa shape index (κ1) is 40.2. The minimum absolute atomic E-state index is 0.0687. The Morgan fingerprint density at radius 1 is 0.375 bits per heavy atom. The first-order valence-corrected chi connectivity index (χ1v) is 17.1. The molecule has 0 bridgehead atoms. The third-order valence-corrected chi connectivity index (χ3v) is 11.2. The monoisotopic (exact) mass is 812 g/mol. The van der Waals surface area contributed by atoms with E-state index in [0.717, 1.165) is 12.1 Å². The summed E-state index contributed by atoms with van der Waals surface area (Å²) in [5, 5.41) is -0.697. The quantitative estimate of drug-likeness (QED) is 0.0359. The summed E-state index contributed by atoms with van der Waals surface area (Å²) < 4.78 is 232. The van der Waals surface area contributed by atoms with Crippen molar-refractivity contribution in [3.63, 3.8) is 0 Å². The van der Waals surface area contributed by atoms with E-state index in [1.54, 1.807) is 0 Å². The van der Waals surface area contributed by atoms with Gasteiger partial charge < -0.3 is 0 Å². The molecule has 0 aliphatic rings. The average molecular weight is 812 g/mol. The zero-order valence-electron chi connectivity index (χ0n) is 27.8. The van der Waals surface area contributed by atoms with Crippen molar-refractivity contribution in [2.24, 2.45) is 0 Å². The van der Waals surface area contributed by atoms with Crippen LogP contribution in [0.3, 0.4) is 0 Å². The number of benzene rings is 6. The molecule has 0 aliphatic carbocycles. The molecular weight excluding hydrogens is 795 g/mol. The highest BCUT2D eigenvalue weighted by atomic mass is 31.1. The second-order valence-corrected chi connectivity index (χ2v) is 14.1. The van der Waals surface area contributed by atoms with Crippen molar-refractivity contribution in [3.8, 4) is 0 Å². The molecule has 0 saturated carbocycles. The lowest BCUT2D eigenvalue weighted by atomic mass is 9.34.